The van der Waals surface area contributed by atoms with Gasteiger partial charge in [-0.1, -0.05) is 0 Å². The van der Waals surface area contributed by atoms with E-state index < -0.39 is 15.8 Å². The molecule has 1 unspecified atom stereocenters. The van der Waals surface area contributed by atoms with E-state index in [0.717, 1.165) is 18.2 Å². The number of nitrogen functional groups attached to an aromatic ring is 1. The molecule has 0 heterocycles. The van der Waals surface area contributed by atoms with Gasteiger partial charge in [0.2, 0.25) is 10.0 Å². The average molecular weight is 320 g/mol. The fraction of sp³-hybridized carbons (Fsp3) is 0.538. The molecular weight excluding hydrogens is 299 g/mol. The van der Waals surface area contributed by atoms with Gasteiger partial charge < -0.3 is 5.73 Å². The van der Waals surface area contributed by atoms with Gasteiger partial charge in [-0.25, -0.2) is 12.8 Å². The van der Waals surface area contributed by atoms with Gasteiger partial charge in [-0.2, -0.15) is 16.1 Å². The van der Waals surface area contributed by atoms with Crippen LogP contribution in [-0.2, 0) is 10.0 Å². The Hall–Kier alpha value is -0.790. The van der Waals surface area contributed by atoms with Crippen LogP contribution in [0.15, 0.2) is 17.0 Å². The third-order valence-corrected chi connectivity index (χ3v) is 6.08. The molecule has 1 rings (SSSR count). The topological polar surface area (TPSA) is 63.4 Å². The van der Waals surface area contributed by atoms with Crippen molar-refractivity contribution in [2.24, 2.45) is 0 Å². The monoisotopic (exact) mass is 320 g/mol. The Kier molecular flexibility index (Phi) is 5.85. The molecule has 4 nitrogen and oxygen atoms in total. The van der Waals surface area contributed by atoms with Crippen LogP contribution in [0.5, 0.6) is 0 Å². The van der Waals surface area contributed by atoms with Crippen molar-refractivity contribution in [3.8, 4) is 0 Å². The highest BCUT2D eigenvalue weighted by molar-refractivity contribution is 7.98. The Labute approximate surface area is 124 Å². The lowest BCUT2D eigenvalue weighted by Gasteiger charge is -2.25. The molecule has 7 heteroatoms. The number of anilines is 1. The normalized spacial score (nSPS) is 13.7. The van der Waals surface area contributed by atoms with Gasteiger partial charge in [-0.05, 0) is 44.4 Å². The van der Waals surface area contributed by atoms with E-state index in [4.69, 9.17) is 5.73 Å². The molecule has 1 aromatic carbocycles. The van der Waals surface area contributed by atoms with Gasteiger partial charge in [-0.15, -0.1) is 0 Å². The summed E-state index contributed by atoms with van der Waals surface area (Å²) in [5.41, 5.74) is 5.76. The van der Waals surface area contributed by atoms with E-state index in [9.17, 15) is 12.8 Å². The maximum absolute atomic E-state index is 13.7. The summed E-state index contributed by atoms with van der Waals surface area (Å²) in [6.07, 6.45) is 2.71. The van der Waals surface area contributed by atoms with E-state index in [1.165, 1.54) is 24.3 Å². The standard InChI is InChI=1S/C13H21FN2O2S2/c1-9(5-6-19-4)16(3)20(17,18)13-8-11(15)7-12(14)10(13)2/h7-9H,5-6,15H2,1-4H3. The Bertz CT molecular complexity index is 576. The Balaban J connectivity index is 3.17. The van der Waals surface area contributed by atoms with E-state index in [-0.39, 0.29) is 22.2 Å². The van der Waals surface area contributed by atoms with Crippen molar-refractivity contribution in [3.05, 3.63) is 23.5 Å². The van der Waals surface area contributed by atoms with Crippen LogP contribution < -0.4 is 5.73 Å². The predicted molar refractivity (Wildman–Crippen MR) is 83.0 cm³/mol. The van der Waals surface area contributed by atoms with Gasteiger partial charge in [0.25, 0.3) is 0 Å². The molecule has 0 spiro atoms. The second-order valence-corrected chi connectivity index (χ2v) is 7.73. The SMILES string of the molecule is CSCCC(C)N(C)S(=O)(=O)c1cc(N)cc(F)c1C. The zero-order chi connectivity index (χ0) is 15.5. The Morgan fingerprint density at radius 1 is 1.45 bits per heavy atom. The first-order valence-electron chi connectivity index (χ1n) is 6.24. The van der Waals surface area contributed by atoms with Crippen LogP contribution >= 0.6 is 11.8 Å². The molecular formula is C13H21FN2O2S2. The van der Waals surface area contributed by atoms with Crippen molar-refractivity contribution >= 4 is 27.5 Å². The van der Waals surface area contributed by atoms with Crippen molar-refractivity contribution in [2.45, 2.75) is 31.2 Å². The highest BCUT2D eigenvalue weighted by atomic mass is 32.2. The van der Waals surface area contributed by atoms with Crippen molar-refractivity contribution in [3.63, 3.8) is 0 Å². The Morgan fingerprint density at radius 2 is 2.05 bits per heavy atom. The molecule has 0 aromatic heterocycles. The summed E-state index contributed by atoms with van der Waals surface area (Å²) in [5.74, 6) is 0.263. The quantitative estimate of drug-likeness (QED) is 0.818. The molecule has 0 amide bonds. The fourth-order valence-corrected chi connectivity index (χ4v) is 4.04. The van der Waals surface area contributed by atoms with E-state index >= 15 is 0 Å². The van der Waals surface area contributed by atoms with E-state index in [1.807, 2.05) is 13.2 Å². The van der Waals surface area contributed by atoms with Crippen LogP contribution in [0.1, 0.15) is 18.9 Å². The lowest BCUT2D eigenvalue weighted by Crippen LogP contribution is -2.36. The van der Waals surface area contributed by atoms with Crippen LogP contribution in [0.25, 0.3) is 0 Å². The molecule has 0 aliphatic heterocycles. The molecule has 1 atom stereocenters. The molecule has 0 saturated carbocycles. The highest BCUT2D eigenvalue weighted by Crippen LogP contribution is 2.26. The van der Waals surface area contributed by atoms with Crippen LogP contribution in [0.4, 0.5) is 10.1 Å². The first kappa shape index (κ1) is 17.3. The summed E-state index contributed by atoms with van der Waals surface area (Å²) in [4.78, 5) is -0.0616. The van der Waals surface area contributed by atoms with Gasteiger partial charge in [0.05, 0.1) is 4.90 Å². The minimum absolute atomic E-state index is 0.0616. The molecule has 2 N–H and O–H groups in total. The van der Waals surface area contributed by atoms with Crippen LogP contribution in [0.2, 0.25) is 0 Å². The lowest BCUT2D eigenvalue weighted by molar-refractivity contribution is 0.382. The fourth-order valence-electron chi connectivity index (χ4n) is 1.80. The van der Waals surface area contributed by atoms with Crippen LogP contribution in [0.3, 0.4) is 0 Å². The van der Waals surface area contributed by atoms with Crippen LogP contribution in [0, 0.1) is 12.7 Å². The summed E-state index contributed by atoms with van der Waals surface area (Å²) in [7, 11) is -2.23. The molecule has 0 radical (unpaired) electrons. The number of sulfonamides is 1. The van der Waals surface area contributed by atoms with Crippen LogP contribution in [-0.4, -0.2) is 37.8 Å². The predicted octanol–water partition coefficient (Wildman–Crippen LogP) is 2.48. The van der Waals surface area contributed by atoms with Gasteiger partial charge >= 0.3 is 0 Å². The number of hydrogen-bond acceptors (Lipinski definition) is 4. The van der Waals surface area contributed by atoms with Gasteiger partial charge in [0.15, 0.2) is 0 Å². The highest BCUT2D eigenvalue weighted by Gasteiger charge is 2.28. The second kappa shape index (κ2) is 6.78. The van der Waals surface area contributed by atoms with Crippen molar-refractivity contribution in [1.29, 1.82) is 0 Å². The van der Waals surface area contributed by atoms with E-state index in [2.05, 4.69) is 0 Å². The molecule has 0 aliphatic rings. The van der Waals surface area contributed by atoms with Gasteiger partial charge in [0, 0.05) is 24.3 Å². The second-order valence-electron chi connectivity index (χ2n) is 4.78. The van der Waals surface area contributed by atoms with Gasteiger partial charge in [-0.3, -0.25) is 0 Å². The number of nitrogens with two attached hydrogens (primary N) is 1. The maximum atomic E-state index is 13.7. The minimum Gasteiger partial charge on any atom is -0.399 e. The van der Waals surface area contributed by atoms with Crippen molar-refractivity contribution in [2.75, 3.05) is 24.8 Å². The van der Waals surface area contributed by atoms with E-state index in [1.54, 1.807) is 11.8 Å². The molecule has 0 saturated heterocycles. The first-order valence-corrected chi connectivity index (χ1v) is 9.07. The van der Waals surface area contributed by atoms with Gasteiger partial charge in [0.1, 0.15) is 5.82 Å². The summed E-state index contributed by atoms with van der Waals surface area (Å²) < 4.78 is 40.1. The molecule has 1 aromatic rings. The summed E-state index contributed by atoms with van der Waals surface area (Å²) in [5, 5.41) is 0. The number of benzene rings is 1. The Morgan fingerprint density at radius 3 is 2.60 bits per heavy atom. The summed E-state index contributed by atoms with van der Waals surface area (Å²) in [6.45, 7) is 3.29. The molecule has 0 fully saturated rings. The summed E-state index contributed by atoms with van der Waals surface area (Å²) >= 11 is 1.66. The maximum Gasteiger partial charge on any atom is 0.243 e. The number of rotatable bonds is 6. The molecule has 0 bridgehead atoms. The number of hydrogen-bond donors (Lipinski definition) is 1. The summed E-state index contributed by atoms with van der Waals surface area (Å²) in [6, 6.07) is 2.29. The third-order valence-electron chi connectivity index (χ3n) is 3.34. The molecule has 20 heavy (non-hydrogen) atoms. The minimum atomic E-state index is -3.74. The third kappa shape index (κ3) is 3.65. The number of nitrogens with zero attached hydrogens (tertiary/aromatic N) is 1. The van der Waals surface area contributed by atoms with Crippen molar-refractivity contribution in [1.82, 2.24) is 4.31 Å². The largest absolute Gasteiger partial charge is 0.399 e. The van der Waals surface area contributed by atoms with E-state index in [0.29, 0.717) is 0 Å². The number of thioether (sulfide) groups is 1. The zero-order valence-corrected chi connectivity index (χ0v) is 13.8. The molecule has 114 valence electrons. The smallest absolute Gasteiger partial charge is 0.243 e. The average Bonchev–Trinajstić information content (AvgIpc) is 2.38. The molecule has 0 aliphatic carbocycles. The van der Waals surface area contributed by atoms with Crippen molar-refractivity contribution < 1.29 is 12.8 Å². The number of halogens is 1. The zero-order valence-electron chi connectivity index (χ0n) is 12.2. The first-order chi connectivity index (χ1) is 9.21. The lowest BCUT2D eigenvalue weighted by atomic mass is 10.2.